The molecule has 8 aromatic rings. The first-order valence-corrected chi connectivity index (χ1v) is 16.0. The van der Waals surface area contributed by atoms with Crippen molar-refractivity contribution in [1.82, 2.24) is 9.13 Å². The molecule has 2 heterocycles. The summed E-state index contributed by atoms with van der Waals surface area (Å²) in [7, 11) is 0. The van der Waals surface area contributed by atoms with Crippen molar-refractivity contribution in [3.05, 3.63) is 154 Å². The minimum Gasteiger partial charge on any atom is -0.310 e. The summed E-state index contributed by atoms with van der Waals surface area (Å²) in [4.78, 5) is 7.16. The van der Waals surface area contributed by atoms with Crippen molar-refractivity contribution in [2.24, 2.45) is 0 Å². The van der Waals surface area contributed by atoms with Crippen LogP contribution in [0, 0.1) is 58.5 Å². The van der Waals surface area contributed by atoms with E-state index in [0.717, 1.165) is 6.07 Å². The molecule has 0 saturated carbocycles. The molecule has 8 nitrogen and oxygen atoms in total. The predicted octanol–water partition coefficient (Wildman–Crippen LogP) is 11.2. The van der Waals surface area contributed by atoms with Gasteiger partial charge in [0.1, 0.15) is 6.07 Å². The van der Waals surface area contributed by atoms with E-state index in [4.69, 9.17) is 13.1 Å². The summed E-state index contributed by atoms with van der Waals surface area (Å²) in [5, 5.41) is 42.8. The quantitative estimate of drug-likeness (QED) is 0.170. The summed E-state index contributed by atoms with van der Waals surface area (Å²) >= 11 is 0. The summed E-state index contributed by atoms with van der Waals surface area (Å²) in [6, 6.07) is 34.4. The highest BCUT2D eigenvalue weighted by atomic mass is 19.4. The zero-order valence-corrected chi connectivity index (χ0v) is 27.5. The molecular weight excluding hydrogens is 686 g/mol. The van der Waals surface area contributed by atoms with Gasteiger partial charge in [-0.15, -0.1) is 0 Å². The molecule has 0 N–H and O–H groups in total. The molecule has 2 aromatic heterocycles. The molecule has 54 heavy (non-hydrogen) atoms. The second-order valence-electron chi connectivity index (χ2n) is 12.4. The highest BCUT2D eigenvalue weighted by molar-refractivity contribution is 6.12. The number of hydrogen-bond acceptors (Lipinski definition) is 4. The number of nitrogens with zero attached hydrogens (tertiary/aromatic N) is 8. The average Bonchev–Trinajstić information content (AvgIpc) is 3.70. The van der Waals surface area contributed by atoms with Crippen LogP contribution in [0.4, 0.5) is 24.5 Å². The topological polar surface area (TPSA) is 114 Å². The maximum atomic E-state index is 15.0. The molecule has 250 valence electrons. The molecule has 0 bridgehead atoms. The first-order valence-electron chi connectivity index (χ1n) is 16.0. The highest BCUT2D eigenvalue weighted by Gasteiger charge is 2.35. The lowest BCUT2D eigenvalue weighted by Crippen LogP contribution is -2.10. The van der Waals surface area contributed by atoms with Crippen LogP contribution in [0.1, 0.15) is 27.8 Å². The van der Waals surface area contributed by atoms with E-state index in [1.165, 1.54) is 24.3 Å². The van der Waals surface area contributed by atoms with E-state index >= 15 is 13.2 Å². The standard InChI is InChI=1S/C43H17F3N8/c1-51-28-6-11-33-31-9-4-25(21-48)14-38(31)53(41(33)17-28)37-19-35(30-8-3-24(20-47)13-36(30)43(44,45)46)40(16-27(37)23-50)54-39-15-26(22-49)5-10-32(39)34-12-7-29(52-2)18-42(34)54/h3-19H. The molecule has 0 aliphatic rings. The van der Waals surface area contributed by atoms with Crippen LogP contribution in [-0.2, 0) is 6.18 Å². The Balaban J connectivity index is 1.61. The van der Waals surface area contributed by atoms with Gasteiger partial charge in [0.2, 0.25) is 0 Å². The molecule has 0 unspecified atom stereocenters. The number of aromatic nitrogens is 2. The molecule has 0 atom stereocenters. The third-order valence-corrected chi connectivity index (χ3v) is 9.48. The molecule has 0 spiro atoms. The summed E-state index contributed by atoms with van der Waals surface area (Å²) in [5.41, 5.74) is 1.75. The molecule has 0 fully saturated rings. The van der Waals surface area contributed by atoms with E-state index in [1.54, 1.807) is 88.0 Å². The lowest BCUT2D eigenvalue weighted by molar-refractivity contribution is -0.137. The van der Waals surface area contributed by atoms with Crippen molar-refractivity contribution < 1.29 is 13.2 Å². The van der Waals surface area contributed by atoms with Gasteiger partial charge < -0.3 is 9.13 Å². The Labute approximate surface area is 304 Å². The Kier molecular flexibility index (Phi) is 7.39. The highest BCUT2D eigenvalue weighted by Crippen LogP contribution is 2.45. The van der Waals surface area contributed by atoms with Crippen molar-refractivity contribution >= 4 is 55.0 Å². The molecule has 6 aromatic carbocycles. The van der Waals surface area contributed by atoms with Crippen molar-refractivity contribution in [2.45, 2.75) is 6.18 Å². The Morgan fingerprint density at radius 3 is 1.39 bits per heavy atom. The van der Waals surface area contributed by atoms with Gasteiger partial charge in [-0.05, 0) is 66.2 Å². The number of nitriles is 4. The minimum absolute atomic E-state index is 0.0166. The van der Waals surface area contributed by atoms with Crippen LogP contribution in [0.25, 0.3) is 75.8 Å². The second-order valence-corrected chi connectivity index (χ2v) is 12.4. The van der Waals surface area contributed by atoms with Crippen LogP contribution in [0.5, 0.6) is 0 Å². The predicted molar refractivity (Wildman–Crippen MR) is 197 cm³/mol. The van der Waals surface area contributed by atoms with Crippen LogP contribution in [0.2, 0.25) is 0 Å². The van der Waals surface area contributed by atoms with Gasteiger partial charge in [0.05, 0.1) is 81.6 Å². The van der Waals surface area contributed by atoms with Gasteiger partial charge in [-0.3, -0.25) is 0 Å². The molecule has 11 heteroatoms. The first kappa shape index (κ1) is 32.8. The van der Waals surface area contributed by atoms with E-state index in [0.29, 0.717) is 49.2 Å². The normalized spacial score (nSPS) is 11.1. The SMILES string of the molecule is [C-]#[N+]c1ccc2c3ccc(C#N)cc3n(-c3cc(-c4ccc(C#N)cc4C(F)(F)F)c(-n4c5cc(C#N)ccc5c5ccc([N+]#[C-])cc54)cc3C#N)c2c1. The summed E-state index contributed by atoms with van der Waals surface area (Å²) in [6.45, 7) is 15.4. The first-order chi connectivity index (χ1) is 26.1. The third kappa shape index (κ3) is 4.95. The Morgan fingerprint density at radius 2 is 0.926 bits per heavy atom. The van der Waals surface area contributed by atoms with Gasteiger partial charge in [0.25, 0.3) is 0 Å². The summed E-state index contributed by atoms with van der Waals surface area (Å²) in [5.74, 6) is 0. The maximum Gasteiger partial charge on any atom is 0.417 e. The van der Waals surface area contributed by atoms with E-state index < -0.39 is 11.7 Å². The van der Waals surface area contributed by atoms with E-state index in [9.17, 15) is 21.0 Å². The van der Waals surface area contributed by atoms with Crippen LogP contribution < -0.4 is 0 Å². The fraction of sp³-hybridized carbons (Fsp3) is 0.0233. The fourth-order valence-electron chi connectivity index (χ4n) is 7.15. The lowest BCUT2D eigenvalue weighted by Gasteiger charge is -2.21. The van der Waals surface area contributed by atoms with E-state index in [1.807, 2.05) is 0 Å². The van der Waals surface area contributed by atoms with Gasteiger partial charge in [-0.25, -0.2) is 9.69 Å². The number of benzene rings is 6. The number of fused-ring (bicyclic) bond motifs is 6. The van der Waals surface area contributed by atoms with Gasteiger partial charge in [-0.2, -0.15) is 34.2 Å². The number of alkyl halides is 3. The van der Waals surface area contributed by atoms with Gasteiger partial charge in [0, 0.05) is 38.1 Å². The zero-order valence-electron chi connectivity index (χ0n) is 27.5. The summed E-state index contributed by atoms with van der Waals surface area (Å²) < 4.78 is 48.4. The van der Waals surface area contributed by atoms with Gasteiger partial charge >= 0.3 is 6.18 Å². The van der Waals surface area contributed by atoms with E-state index in [-0.39, 0.29) is 50.6 Å². The van der Waals surface area contributed by atoms with Crippen LogP contribution in [0.3, 0.4) is 0 Å². The molecule has 0 aliphatic carbocycles. The number of halogens is 3. The Hall–Kier alpha value is -8.35. The largest absolute Gasteiger partial charge is 0.417 e. The maximum absolute atomic E-state index is 15.0. The monoisotopic (exact) mass is 702 g/mol. The lowest BCUT2D eigenvalue weighted by atomic mass is 9.93. The van der Waals surface area contributed by atoms with Gasteiger partial charge in [-0.1, -0.05) is 42.5 Å². The molecule has 0 amide bonds. The van der Waals surface area contributed by atoms with Gasteiger partial charge in [0.15, 0.2) is 11.4 Å². The van der Waals surface area contributed by atoms with Crippen molar-refractivity contribution in [3.8, 4) is 46.8 Å². The Morgan fingerprint density at radius 1 is 0.481 bits per heavy atom. The van der Waals surface area contributed by atoms with Crippen molar-refractivity contribution in [1.29, 1.82) is 21.0 Å². The second kappa shape index (κ2) is 12.2. The molecule has 0 aliphatic heterocycles. The molecular formula is C43H17F3N8. The van der Waals surface area contributed by atoms with Crippen molar-refractivity contribution in [3.63, 3.8) is 0 Å². The summed E-state index contributed by atoms with van der Waals surface area (Å²) in [6.07, 6.45) is -4.92. The molecule has 8 rings (SSSR count). The van der Waals surface area contributed by atoms with Crippen LogP contribution in [-0.4, -0.2) is 9.13 Å². The zero-order chi connectivity index (χ0) is 37.9. The third-order valence-electron chi connectivity index (χ3n) is 9.48. The van der Waals surface area contributed by atoms with Crippen molar-refractivity contribution in [2.75, 3.05) is 0 Å². The molecule has 0 saturated heterocycles. The smallest absolute Gasteiger partial charge is 0.310 e. The number of hydrogen-bond donors (Lipinski definition) is 0. The fourth-order valence-corrected chi connectivity index (χ4v) is 7.15. The number of rotatable bonds is 3. The average molecular weight is 703 g/mol. The Bertz CT molecular complexity index is 3090. The van der Waals surface area contributed by atoms with E-state index in [2.05, 4.69) is 27.9 Å². The minimum atomic E-state index is -4.92. The van der Waals surface area contributed by atoms with Crippen LogP contribution in [0.15, 0.2) is 103 Å². The molecule has 0 radical (unpaired) electrons. The van der Waals surface area contributed by atoms with Crippen LogP contribution >= 0.6 is 0 Å².